The number of amidine groups is 1. The van der Waals surface area contributed by atoms with Crippen LogP contribution in [0.4, 0.5) is 0 Å². The Balaban J connectivity index is 2.48. The zero-order valence-electron chi connectivity index (χ0n) is 9.23. The SMILES string of the molecule is CCSc1nc2c(cc1C(N)=NO)CCC2. The van der Waals surface area contributed by atoms with Gasteiger partial charge in [0, 0.05) is 5.69 Å². The lowest BCUT2D eigenvalue weighted by molar-refractivity contribution is 0.318. The van der Waals surface area contributed by atoms with Gasteiger partial charge < -0.3 is 10.9 Å². The Morgan fingerprint density at radius 1 is 1.62 bits per heavy atom. The van der Waals surface area contributed by atoms with Crippen molar-refractivity contribution in [1.82, 2.24) is 4.98 Å². The van der Waals surface area contributed by atoms with Crippen LogP contribution in [0.2, 0.25) is 0 Å². The standard InChI is InChI=1S/C11H15N3OS/c1-2-16-11-8(10(12)14-15)6-7-4-3-5-9(7)13-11/h6,15H,2-5H2,1H3,(H2,12,14). The monoisotopic (exact) mass is 237 g/mol. The fourth-order valence-corrected chi connectivity index (χ4v) is 2.70. The van der Waals surface area contributed by atoms with Crippen molar-refractivity contribution in [2.45, 2.75) is 31.2 Å². The Morgan fingerprint density at radius 2 is 2.44 bits per heavy atom. The summed E-state index contributed by atoms with van der Waals surface area (Å²) in [5.74, 6) is 1.08. The van der Waals surface area contributed by atoms with Crippen LogP contribution < -0.4 is 5.73 Å². The van der Waals surface area contributed by atoms with Gasteiger partial charge in [-0.25, -0.2) is 4.98 Å². The van der Waals surface area contributed by atoms with E-state index in [0.29, 0.717) is 0 Å². The highest BCUT2D eigenvalue weighted by molar-refractivity contribution is 7.99. The number of nitrogens with zero attached hydrogens (tertiary/aromatic N) is 2. The van der Waals surface area contributed by atoms with Gasteiger partial charge in [-0.3, -0.25) is 0 Å². The van der Waals surface area contributed by atoms with Gasteiger partial charge in [-0.15, -0.1) is 11.8 Å². The Kier molecular flexibility index (Phi) is 3.33. The van der Waals surface area contributed by atoms with Gasteiger partial charge in [-0.1, -0.05) is 12.1 Å². The fraction of sp³-hybridized carbons (Fsp3) is 0.455. The lowest BCUT2D eigenvalue weighted by Gasteiger charge is -2.09. The molecule has 0 bridgehead atoms. The third-order valence-electron chi connectivity index (χ3n) is 2.68. The summed E-state index contributed by atoms with van der Waals surface area (Å²) >= 11 is 1.63. The van der Waals surface area contributed by atoms with Gasteiger partial charge in [0.2, 0.25) is 0 Å². The van der Waals surface area contributed by atoms with E-state index in [1.807, 2.05) is 6.07 Å². The van der Waals surface area contributed by atoms with E-state index >= 15 is 0 Å². The van der Waals surface area contributed by atoms with Crippen molar-refractivity contribution in [3.63, 3.8) is 0 Å². The van der Waals surface area contributed by atoms with Gasteiger partial charge in [-0.2, -0.15) is 0 Å². The van der Waals surface area contributed by atoms with Crippen molar-refractivity contribution in [2.75, 3.05) is 5.75 Å². The first-order chi connectivity index (χ1) is 7.76. The second-order valence-electron chi connectivity index (χ2n) is 3.72. The summed E-state index contributed by atoms with van der Waals surface area (Å²) in [4.78, 5) is 4.60. The zero-order valence-corrected chi connectivity index (χ0v) is 10.0. The molecule has 1 aromatic heterocycles. The maximum absolute atomic E-state index is 8.76. The summed E-state index contributed by atoms with van der Waals surface area (Å²) in [5, 5.41) is 12.7. The van der Waals surface area contributed by atoms with E-state index in [9.17, 15) is 0 Å². The Morgan fingerprint density at radius 3 is 3.12 bits per heavy atom. The first-order valence-electron chi connectivity index (χ1n) is 5.39. The first kappa shape index (κ1) is 11.3. The van der Waals surface area contributed by atoms with Crippen LogP contribution in [-0.2, 0) is 12.8 Å². The number of fused-ring (bicyclic) bond motifs is 1. The van der Waals surface area contributed by atoms with Crippen LogP contribution in [0.25, 0.3) is 0 Å². The Labute approximate surface area is 98.9 Å². The molecule has 0 saturated heterocycles. The van der Waals surface area contributed by atoms with Gasteiger partial charge >= 0.3 is 0 Å². The van der Waals surface area contributed by atoms with Gasteiger partial charge in [0.25, 0.3) is 0 Å². The molecular weight excluding hydrogens is 222 g/mol. The van der Waals surface area contributed by atoms with Crippen molar-refractivity contribution in [1.29, 1.82) is 0 Å². The minimum absolute atomic E-state index is 0.151. The number of rotatable bonds is 3. The number of pyridine rings is 1. The fourth-order valence-electron chi connectivity index (χ4n) is 1.94. The van der Waals surface area contributed by atoms with E-state index in [4.69, 9.17) is 10.9 Å². The van der Waals surface area contributed by atoms with Crippen molar-refractivity contribution >= 4 is 17.6 Å². The van der Waals surface area contributed by atoms with Crippen LogP contribution in [0.15, 0.2) is 16.2 Å². The number of hydrogen-bond donors (Lipinski definition) is 2. The second kappa shape index (κ2) is 4.74. The second-order valence-corrected chi connectivity index (χ2v) is 4.97. The number of aryl methyl sites for hydroxylation is 2. The molecular formula is C11H15N3OS. The van der Waals surface area contributed by atoms with Crippen molar-refractivity contribution in [3.8, 4) is 0 Å². The van der Waals surface area contributed by atoms with Crippen LogP contribution in [-0.4, -0.2) is 21.8 Å². The quantitative estimate of drug-likeness (QED) is 0.276. The third-order valence-corrected chi connectivity index (χ3v) is 3.55. The molecule has 2 rings (SSSR count). The molecule has 0 unspecified atom stereocenters. The van der Waals surface area contributed by atoms with Gasteiger partial charge in [-0.05, 0) is 36.6 Å². The summed E-state index contributed by atoms with van der Waals surface area (Å²) in [6.07, 6.45) is 3.24. The van der Waals surface area contributed by atoms with Crippen LogP contribution >= 0.6 is 11.8 Å². The van der Waals surface area contributed by atoms with Crippen LogP contribution in [0.5, 0.6) is 0 Å². The molecule has 0 saturated carbocycles. The highest BCUT2D eigenvalue weighted by atomic mass is 32.2. The summed E-state index contributed by atoms with van der Waals surface area (Å²) in [5.41, 5.74) is 8.84. The van der Waals surface area contributed by atoms with Gasteiger partial charge in [0.05, 0.1) is 5.56 Å². The summed E-state index contributed by atoms with van der Waals surface area (Å²) in [6, 6.07) is 2.02. The third kappa shape index (κ3) is 2.00. The number of aromatic nitrogens is 1. The van der Waals surface area contributed by atoms with Gasteiger partial charge in [0.1, 0.15) is 5.03 Å². The van der Waals surface area contributed by atoms with E-state index in [2.05, 4.69) is 17.1 Å². The van der Waals surface area contributed by atoms with Crippen LogP contribution in [0.1, 0.15) is 30.2 Å². The lowest BCUT2D eigenvalue weighted by atomic mass is 10.1. The summed E-state index contributed by atoms with van der Waals surface area (Å²) in [6.45, 7) is 2.07. The smallest absolute Gasteiger partial charge is 0.172 e. The maximum Gasteiger partial charge on any atom is 0.172 e. The van der Waals surface area contributed by atoms with Crippen molar-refractivity contribution in [3.05, 3.63) is 22.9 Å². The van der Waals surface area contributed by atoms with E-state index in [1.165, 1.54) is 11.3 Å². The van der Waals surface area contributed by atoms with E-state index < -0.39 is 0 Å². The molecule has 0 radical (unpaired) electrons. The minimum atomic E-state index is 0.151. The number of thioether (sulfide) groups is 1. The molecule has 0 aliphatic heterocycles. The molecule has 0 atom stereocenters. The highest BCUT2D eigenvalue weighted by Gasteiger charge is 2.18. The number of oxime groups is 1. The molecule has 0 aromatic carbocycles. The largest absolute Gasteiger partial charge is 0.409 e. The average Bonchev–Trinajstić information content (AvgIpc) is 2.74. The predicted molar refractivity (Wildman–Crippen MR) is 65.2 cm³/mol. The molecule has 1 aliphatic carbocycles. The highest BCUT2D eigenvalue weighted by Crippen LogP contribution is 2.27. The van der Waals surface area contributed by atoms with E-state index in [0.717, 1.165) is 35.6 Å². The molecule has 1 aliphatic rings. The molecule has 0 amide bonds. The first-order valence-corrected chi connectivity index (χ1v) is 6.38. The Hall–Kier alpha value is -1.23. The molecule has 1 aromatic rings. The molecule has 4 nitrogen and oxygen atoms in total. The van der Waals surface area contributed by atoms with Gasteiger partial charge in [0.15, 0.2) is 5.84 Å². The lowest BCUT2D eigenvalue weighted by Crippen LogP contribution is -2.16. The molecule has 3 N–H and O–H groups in total. The maximum atomic E-state index is 8.76. The summed E-state index contributed by atoms with van der Waals surface area (Å²) < 4.78 is 0. The van der Waals surface area contributed by atoms with E-state index in [-0.39, 0.29) is 5.84 Å². The zero-order chi connectivity index (χ0) is 11.5. The number of hydrogen-bond acceptors (Lipinski definition) is 4. The normalized spacial score (nSPS) is 15.2. The van der Waals surface area contributed by atoms with Crippen molar-refractivity contribution in [2.24, 2.45) is 10.9 Å². The molecule has 5 heteroatoms. The average molecular weight is 237 g/mol. The molecule has 1 heterocycles. The van der Waals surface area contributed by atoms with E-state index in [1.54, 1.807) is 11.8 Å². The Bertz CT molecular complexity index is 431. The van der Waals surface area contributed by atoms with Crippen LogP contribution in [0.3, 0.4) is 0 Å². The number of nitrogens with two attached hydrogens (primary N) is 1. The molecule has 0 spiro atoms. The molecule has 16 heavy (non-hydrogen) atoms. The minimum Gasteiger partial charge on any atom is -0.409 e. The van der Waals surface area contributed by atoms with Crippen molar-refractivity contribution < 1.29 is 5.21 Å². The molecule has 0 fully saturated rings. The topological polar surface area (TPSA) is 71.5 Å². The summed E-state index contributed by atoms with van der Waals surface area (Å²) in [7, 11) is 0. The van der Waals surface area contributed by atoms with Crippen LogP contribution in [0, 0.1) is 0 Å². The molecule has 86 valence electrons. The predicted octanol–water partition coefficient (Wildman–Crippen LogP) is 1.78.